The molecule has 1 saturated heterocycles. The highest BCUT2D eigenvalue weighted by Gasteiger charge is 2.22. The second-order valence-corrected chi connectivity index (χ2v) is 5.41. The predicted molar refractivity (Wildman–Crippen MR) is 74.5 cm³/mol. The Kier molecular flexibility index (Phi) is 4.96. The third-order valence-electron chi connectivity index (χ3n) is 4.01. The minimum absolute atomic E-state index is 0.240. The Bertz CT molecular complexity index is 382. The summed E-state index contributed by atoms with van der Waals surface area (Å²) in [5, 5.41) is 6.79. The average Bonchev–Trinajstić information content (AvgIpc) is 2.92. The van der Waals surface area contributed by atoms with Crippen LogP contribution in [0.1, 0.15) is 31.9 Å². The van der Waals surface area contributed by atoms with Crippen LogP contribution < -0.4 is 0 Å². The predicted octanol–water partition coefficient (Wildman–Crippen LogP) is 1.49. The molecular formula is C14H24N4O. The molecule has 1 aromatic rings. The van der Waals surface area contributed by atoms with E-state index >= 15 is 0 Å². The molecule has 0 radical (unpaired) electrons. The summed E-state index contributed by atoms with van der Waals surface area (Å²) in [6, 6.07) is 1.91. The van der Waals surface area contributed by atoms with Gasteiger partial charge in [0, 0.05) is 19.7 Å². The summed E-state index contributed by atoms with van der Waals surface area (Å²) in [5.74, 6) is 0.795. The summed E-state index contributed by atoms with van der Waals surface area (Å²) in [7, 11) is 1.87. The number of amides is 1. The van der Waals surface area contributed by atoms with Gasteiger partial charge in [0.1, 0.15) is 0 Å². The van der Waals surface area contributed by atoms with Crippen molar-refractivity contribution in [1.82, 2.24) is 20.0 Å². The summed E-state index contributed by atoms with van der Waals surface area (Å²) in [4.78, 5) is 16.4. The molecule has 1 aliphatic rings. The first-order chi connectivity index (χ1) is 9.19. The van der Waals surface area contributed by atoms with Crippen molar-refractivity contribution in [3.63, 3.8) is 0 Å². The first-order valence-corrected chi connectivity index (χ1v) is 7.13. The zero-order valence-corrected chi connectivity index (χ0v) is 11.9. The van der Waals surface area contributed by atoms with Crippen molar-refractivity contribution >= 4 is 5.91 Å². The summed E-state index contributed by atoms with van der Waals surface area (Å²) < 4.78 is 0. The van der Waals surface area contributed by atoms with E-state index in [9.17, 15) is 4.79 Å². The largest absolute Gasteiger partial charge is 0.340 e. The summed E-state index contributed by atoms with van der Waals surface area (Å²) >= 11 is 0. The molecule has 0 aromatic carbocycles. The lowest BCUT2D eigenvalue weighted by molar-refractivity contribution is -0.131. The number of nitrogens with zero attached hydrogens (tertiary/aromatic N) is 3. The van der Waals surface area contributed by atoms with Crippen molar-refractivity contribution in [3.8, 4) is 0 Å². The lowest BCUT2D eigenvalue weighted by atomic mass is 9.93. The minimum atomic E-state index is 0.240. The van der Waals surface area contributed by atoms with Gasteiger partial charge in [-0.1, -0.05) is 6.92 Å². The van der Waals surface area contributed by atoms with Crippen LogP contribution in [-0.4, -0.2) is 52.6 Å². The summed E-state index contributed by atoms with van der Waals surface area (Å²) in [5.41, 5.74) is 0.983. The molecule has 0 atom stereocenters. The molecule has 19 heavy (non-hydrogen) atoms. The smallest absolute Gasteiger partial charge is 0.222 e. The summed E-state index contributed by atoms with van der Waals surface area (Å²) in [6.45, 7) is 6.22. The second-order valence-electron chi connectivity index (χ2n) is 5.41. The van der Waals surface area contributed by atoms with Crippen molar-refractivity contribution in [2.45, 2.75) is 32.7 Å². The van der Waals surface area contributed by atoms with Crippen molar-refractivity contribution in [1.29, 1.82) is 0 Å². The van der Waals surface area contributed by atoms with E-state index in [-0.39, 0.29) is 5.91 Å². The monoisotopic (exact) mass is 264 g/mol. The molecule has 0 spiro atoms. The molecule has 2 heterocycles. The molecule has 0 bridgehead atoms. The van der Waals surface area contributed by atoms with Gasteiger partial charge < -0.3 is 9.80 Å². The van der Waals surface area contributed by atoms with E-state index in [4.69, 9.17) is 0 Å². The van der Waals surface area contributed by atoms with Gasteiger partial charge in [0.05, 0.1) is 12.2 Å². The number of aromatic nitrogens is 2. The Morgan fingerprint density at radius 1 is 1.53 bits per heavy atom. The standard InChI is InChI=1S/C14H24N4O/c1-3-18-8-5-12(6-9-18)10-14(19)17(2)11-13-4-7-15-16-13/h4,7,12H,3,5-6,8-11H2,1-2H3,(H,15,16). The number of hydrogen-bond acceptors (Lipinski definition) is 3. The number of nitrogens with one attached hydrogen (secondary N) is 1. The molecule has 0 unspecified atom stereocenters. The van der Waals surface area contributed by atoms with Gasteiger partial charge >= 0.3 is 0 Å². The van der Waals surface area contributed by atoms with Gasteiger partial charge in [0.2, 0.25) is 5.91 Å². The van der Waals surface area contributed by atoms with E-state index < -0.39 is 0 Å². The van der Waals surface area contributed by atoms with Gasteiger partial charge in [-0.2, -0.15) is 5.10 Å². The molecule has 1 amide bonds. The van der Waals surface area contributed by atoms with Gasteiger partial charge in [-0.25, -0.2) is 0 Å². The molecular weight excluding hydrogens is 240 g/mol. The quantitative estimate of drug-likeness (QED) is 0.876. The number of piperidine rings is 1. The van der Waals surface area contributed by atoms with Crippen LogP contribution in [0.5, 0.6) is 0 Å². The maximum absolute atomic E-state index is 12.2. The zero-order chi connectivity index (χ0) is 13.7. The van der Waals surface area contributed by atoms with Crippen LogP contribution in [0.2, 0.25) is 0 Å². The van der Waals surface area contributed by atoms with Gasteiger partial charge in [-0.3, -0.25) is 9.89 Å². The van der Waals surface area contributed by atoms with Crippen molar-refractivity contribution < 1.29 is 4.79 Å². The topological polar surface area (TPSA) is 52.2 Å². The SMILES string of the molecule is CCN1CCC(CC(=O)N(C)Cc2ccn[nH]2)CC1. The van der Waals surface area contributed by atoms with Gasteiger partial charge in [-0.05, 0) is 44.5 Å². The fraction of sp³-hybridized carbons (Fsp3) is 0.714. The van der Waals surface area contributed by atoms with Gasteiger partial charge in [0.15, 0.2) is 0 Å². The number of aromatic amines is 1. The third-order valence-corrected chi connectivity index (χ3v) is 4.01. The van der Waals surface area contributed by atoms with Gasteiger partial charge in [0.25, 0.3) is 0 Å². The molecule has 2 rings (SSSR count). The average molecular weight is 264 g/mol. The van der Waals surface area contributed by atoms with E-state index in [0.29, 0.717) is 18.9 Å². The fourth-order valence-electron chi connectivity index (χ4n) is 2.63. The molecule has 5 heteroatoms. The Labute approximate surface area is 115 Å². The zero-order valence-electron chi connectivity index (χ0n) is 11.9. The van der Waals surface area contributed by atoms with E-state index in [1.165, 1.54) is 0 Å². The Morgan fingerprint density at radius 2 is 2.26 bits per heavy atom. The van der Waals surface area contributed by atoms with Crippen molar-refractivity contribution in [3.05, 3.63) is 18.0 Å². The Morgan fingerprint density at radius 3 is 2.84 bits per heavy atom. The lowest BCUT2D eigenvalue weighted by Gasteiger charge is -2.31. The van der Waals surface area contributed by atoms with Crippen molar-refractivity contribution in [2.75, 3.05) is 26.7 Å². The molecule has 5 nitrogen and oxygen atoms in total. The number of hydrogen-bond donors (Lipinski definition) is 1. The van der Waals surface area contributed by atoms with Gasteiger partial charge in [-0.15, -0.1) is 0 Å². The first kappa shape index (κ1) is 14.1. The molecule has 1 aliphatic heterocycles. The van der Waals surface area contributed by atoms with E-state index in [2.05, 4.69) is 22.0 Å². The minimum Gasteiger partial charge on any atom is -0.340 e. The number of H-pyrrole nitrogens is 1. The molecule has 1 aromatic heterocycles. The maximum Gasteiger partial charge on any atom is 0.222 e. The van der Waals surface area contributed by atoms with Crippen molar-refractivity contribution in [2.24, 2.45) is 5.92 Å². The molecule has 1 N–H and O–H groups in total. The van der Waals surface area contributed by atoms with E-state index in [1.807, 2.05) is 13.1 Å². The van der Waals surface area contributed by atoms with Crippen LogP contribution in [0.25, 0.3) is 0 Å². The highest BCUT2D eigenvalue weighted by Crippen LogP contribution is 2.21. The fourth-order valence-corrected chi connectivity index (χ4v) is 2.63. The third kappa shape index (κ3) is 4.06. The number of rotatable bonds is 5. The van der Waals surface area contributed by atoms with Crippen LogP contribution in [0.3, 0.4) is 0 Å². The number of likely N-dealkylation sites (tertiary alicyclic amines) is 1. The van der Waals surface area contributed by atoms with Crippen LogP contribution >= 0.6 is 0 Å². The first-order valence-electron chi connectivity index (χ1n) is 7.13. The highest BCUT2D eigenvalue weighted by molar-refractivity contribution is 5.76. The van der Waals surface area contributed by atoms with Crippen LogP contribution in [0, 0.1) is 5.92 Å². The highest BCUT2D eigenvalue weighted by atomic mass is 16.2. The lowest BCUT2D eigenvalue weighted by Crippen LogP contribution is -2.36. The van der Waals surface area contributed by atoms with Crippen LogP contribution in [0.15, 0.2) is 12.3 Å². The summed E-state index contributed by atoms with van der Waals surface area (Å²) in [6.07, 6.45) is 4.70. The Hall–Kier alpha value is -1.36. The molecule has 106 valence electrons. The number of carbonyl (C=O) groups excluding carboxylic acids is 1. The van der Waals surface area contributed by atoms with E-state index in [1.54, 1.807) is 11.1 Å². The normalized spacial score (nSPS) is 17.6. The molecule has 0 aliphatic carbocycles. The molecule has 1 fully saturated rings. The molecule has 0 saturated carbocycles. The number of carbonyl (C=O) groups is 1. The second kappa shape index (κ2) is 6.70. The van der Waals surface area contributed by atoms with E-state index in [0.717, 1.165) is 38.2 Å². The van der Waals surface area contributed by atoms with Crippen LogP contribution in [0.4, 0.5) is 0 Å². The Balaban J connectivity index is 1.74. The van der Waals surface area contributed by atoms with Crippen LogP contribution in [-0.2, 0) is 11.3 Å². The maximum atomic E-state index is 12.2.